The molecule has 5 rings (SSSR count). The van der Waals surface area contributed by atoms with E-state index in [-0.39, 0.29) is 0 Å². The van der Waals surface area contributed by atoms with E-state index in [2.05, 4.69) is 68.1 Å². The van der Waals surface area contributed by atoms with Crippen LogP contribution in [0.1, 0.15) is 16.8 Å². The summed E-state index contributed by atoms with van der Waals surface area (Å²) >= 11 is 0. The van der Waals surface area contributed by atoms with Crippen molar-refractivity contribution in [2.24, 2.45) is 10.7 Å². The van der Waals surface area contributed by atoms with Gasteiger partial charge in [-0.05, 0) is 59.8 Å². The predicted octanol–water partition coefficient (Wildman–Crippen LogP) is 2.81. The maximum atomic E-state index is 6.53. The topological polar surface area (TPSA) is 107 Å². The fraction of sp³-hybridized carbons (Fsp3) is 0.182. The number of benzene rings is 2. The van der Waals surface area contributed by atoms with Gasteiger partial charge in [-0.1, -0.05) is 12.1 Å². The van der Waals surface area contributed by atoms with Crippen molar-refractivity contribution in [3.63, 3.8) is 0 Å². The summed E-state index contributed by atoms with van der Waals surface area (Å²) < 4.78 is 0. The summed E-state index contributed by atoms with van der Waals surface area (Å²) in [5, 5.41) is 16.1. The van der Waals surface area contributed by atoms with Crippen molar-refractivity contribution in [2.45, 2.75) is 25.7 Å². The number of rotatable bonds is 5. The SMILES string of the molecule is Cc1cc2cc(CNC3=CC=NC(N)(Cc4ccc5[nH]ncc5c4)N3)ccc2[nH]1. The number of allylic oxidation sites excluding steroid dienone is 1. The molecule has 2 aromatic heterocycles. The highest BCUT2D eigenvalue weighted by atomic mass is 15.3. The standard InChI is InChI=1S/C22H23N7/c1-14-8-17-10-16(3-4-19(17)27-14)12-24-21-6-7-25-22(23,28-21)11-15-2-5-20-18(9-15)13-26-29-20/h2-10,13,24,27-28H,11-12,23H2,1H3,(H,26,29). The molecule has 3 heterocycles. The number of hydrogen-bond acceptors (Lipinski definition) is 5. The third-order valence-corrected chi connectivity index (χ3v) is 5.18. The van der Waals surface area contributed by atoms with Gasteiger partial charge in [-0.25, -0.2) is 0 Å². The quantitative estimate of drug-likeness (QED) is 0.364. The van der Waals surface area contributed by atoms with Crippen LogP contribution >= 0.6 is 0 Å². The minimum absolute atomic E-state index is 0.568. The van der Waals surface area contributed by atoms with E-state index in [1.54, 1.807) is 6.21 Å². The number of aromatic amines is 2. The average Bonchev–Trinajstić information content (AvgIpc) is 3.30. The van der Waals surface area contributed by atoms with E-state index in [4.69, 9.17) is 5.73 Å². The average molecular weight is 385 g/mol. The Hall–Kier alpha value is -3.58. The molecule has 1 aliphatic heterocycles. The molecule has 0 fully saturated rings. The predicted molar refractivity (Wildman–Crippen MR) is 116 cm³/mol. The Morgan fingerprint density at radius 2 is 1.86 bits per heavy atom. The van der Waals surface area contributed by atoms with Crippen molar-refractivity contribution in [3.8, 4) is 0 Å². The van der Waals surface area contributed by atoms with Gasteiger partial charge in [-0.2, -0.15) is 5.10 Å². The third-order valence-electron chi connectivity index (χ3n) is 5.18. The summed E-state index contributed by atoms with van der Waals surface area (Å²) in [4.78, 5) is 7.82. The normalized spacial score (nSPS) is 18.8. The molecule has 0 saturated carbocycles. The molecule has 0 spiro atoms. The smallest absolute Gasteiger partial charge is 0.187 e. The van der Waals surface area contributed by atoms with E-state index in [0.717, 1.165) is 27.8 Å². The van der Waals surface area contributed by atoms with Crippen molar-refractivity contribution in [1.82, 2.24) is 25.8 Å². The Balaban J connectivity index is 1.26. The number of nitrogens with one attached hydrogen (secondary N) is 4. The molecule has 29 heavy (non-hydrogen) atoms. The Morgan fingerprint density at radius 3 is 2.79 bits per heavy atom. The molecular formula is C22H23N7. The van der Waals surface area contributed by atoms with E-state index < -0.39 is 5.79 Å². The lowest BCUT2D eigenvalue weighted by atomic mass is 10.0. The van der Waals surface area contributed by atoms with Gasteiger partial charge in [-0.3, -0.25) is 15.8 Å². The van der Waals surface area contributed by atoms with Crippen LogP contribution in [0.5, 0.6) is 0 Å². The zero-order valence-electron chi connectivity index (χ0n) is 16.2. The molecule has 146 valence electrons. The van der Waals surface area contributed by atoms with E-state index in [9.17, 15) is 0 Å². The zero-order valence-corrected chi connectivity index (χ0v) is 16.2. The molecule has 4 aromatic rings. The molecule has 0 aliphatic carbocycles. The highest BCUT2D eigenvalue weighted by Crippen LogP contribution is 2.19. The van der Waals surface area contributed by atoms with Gasteiger partial charge in [0.05, 0.1) is 11.7 Å². The van der Waals surface area contributed by atoms with Crippen molar-refractivity contribution < 1.29 is 0 Å². The summed E-state index contributed by atoms with van der Waals surface area (Å²) in [6, 6.07) is 14.7. The maximum absolute atomic E-state index is 6.53. The molecule has 0 saturated heterocycles. The van der Waals surface area contributed by atoms with Gasteiger partial charge in [0.2, 0.25) is 0 Å². The molecule has 7 nitrogen and oxygen atoms in total. The lowest BCUT2D eigenvalue weighted by Crippen LogP contribution is -2.56. The molecule has 1 aliphatic rings. The molecule has 0 bridgehead atoms. The van der Waals surface area contributed by atoms with Crippen molar-refractivity contribution in [1.29, 1.82) is 0 Å². The first-order valence-corrected chi connectivity index (χ1v) is 9.63. The van der Waals surface area contributed by atoms with Crippen molar-refractivity contribution >= 4 is 28.0 Å². The number of nitrogens with zero attached hydrogens (tertiary/aromatic N) is 2. The monoisotopic (exact) mass is 385 g/mol. The maximum Gasteiger partial charge on any atom is 0.187 e. The number of H-pyrrole nitrogens is 2. The van der Waals surface area contributed by atoms with Gasteiger partial charge in [0.15, 0.2) is 5.79 Å². The van der Waals surface area contributed by atoms with Gasteiger partial charge in [0.1, 0.15) is 5.82 Å². The van der Waals surface area contributed by atoms with E-state index in [0.29, 0.717) is 13.0 Å². The Bertz CT molecular complexity index is 1250. The minimum Gasteiger partial charge on any atom is -0.368 e. The van der Waals surface area contributed by atoms with Crippen LogP contribution in [-0.4, -0.2) is 27.2 Å². The molecule has 7 heteroatoms. The molecule has 1 unspecified atom stereocenters. The second-order valence-corrected chi connectivity index (χ2v) is 7.60. The van der Waals surface area contributed by atoms with Crippen LogP contribution in [0.2, 0.25) is 0 Å². The van der Waals surface area contributed by atoms with Crippen LogP contribution in [0.3, 0.4) is 0 Å². The summed E-state index contributed by atoms with van der Waals surface area (Å²) in [5.41, 5.74) is 12.2. The molecule has 0 amide bonds. The third kappa shape index (κ3) is 3.60. The first-order valence-electron chi connectivity index (χ1n) is 9.63. The Labute approximate surface area is 168 Å². The number of nitrogens with two attached hydrogens (primary N) is 1. The number of aliphatic imine (C=N–C) groups is 1. The zero-order chi connectivity index (χ0) is 19.8. The van der Waals surface area contributed by atoms with Crippen LogP contribution in [0.25, 0.3) is 21.8 Å². The van der Waals surface area contributed by atoms with Crippen molar-refractivity contribution in [3.05, 3.63) is 77.4 Å². The van der Waals surface area contributed by atoms with E-state index in [1.165, 1.54) is 16.6 Å². The van der Waals surface area contributed by atoms with Gasteiger partial charge in [-0.15, -0.1) is 0 Å². The van der Waals surface area contributed by atoms with Gasteiger partial charge >= 0.3 is 0 Å². The second kappa shape index (κ2) is 6.79. The minimum atomic E-state index is -0.893. The van der Waals surface area contributed by atoms with Crippen LogP contribution < -0.4 is 16.4 Å². The lowest BCUT2D eigenvalue weighted by Gasteiger charge is -2.31. The molecular weight excluding hydrogens is 362 g/mol. The Kier molecular flexibility index (Phi) is 4.10. The van der Waals surface area contributed by atoms with Crippen LogP contribution in [0.15, 0.2) is 65.6 Å². The first-order chi connectivity index (χ1) is 14.1. The summed E-state index contributed by atoms with van der Waals surface area (Å²) in [5.74, 6) is -0.0341. The highest BCUT2D eigenvalue weighted by molar-refractivity contribution is 5.81. The second-order valence-electron chi connectivity index (χ2n) is 7.60. The fourth-order valence-electron chi connectivity index (χ4n) is 3.79. The lowest BCUT2D eigenvalue weighted by molar-refractivity contribution is 0.366. The first kappa shape index (κ1) is 17.5. The number of aryl methyl sites for hydroxylation is 1. The van der Waals surface area contributed by atoms with Crippen LogP contribution in [0.4, 0.5) is 0 Å². The molecule has 0 radical (unpaired) electrons. The van der Waals surface area contributed by atoms with Gasteiger partial charge in [0, 0.05) is 35.8 Å². The van der Waals surface area contributed by atoms with E-state index in [1.807, 2.05) is 24.4 Å². The molecule has 1 atom stereocenters. The van der Waals surface area contributed by atoms with Crippen LogP contribution in [0, 0.1) is 6.92 Å². The Morgan fingerprint density at radius 1 is 1.03 bits per heavy atom. The highest BCUT2D eigenvalue weighted by Gasteiger charge is 2.26. The van der Waals surface area contributed by atoms with E-state index >= 15 is 0 Å². The molecule has 6 N–H and O–H groups in total. The van der Waals surface area contributed by atoms with Crippen molar-refractivity contribution in [2.75, 3.05) is 0 Å². The number of hydrogen-bond donors (Lipinski definition) is 5. The van der Waals surface area contributed by atoms with Gasteiger partial charge in [0.25, 0.3) is 0 Å². The summed E-state index contributed by atoms with van der Waals surface area (Å²) in [7, 11) is 0. The van der Waals surface area contributed by atoms with Gasteiger partial charge < -0.3 is 15.6 Å². The largest absolute Gasteiger partial charge is 0.368 e. The summed E-state index contributed by atoms with van der Waals surface area (Å²) in [6.07, 6.45) is 6.05. The number of fused-ring (bicyclic) bond motifs is 2. The summed E-state index contributed by atoms with van der Waals surface area (Å²) in [6.45, 7) is 2.77. The fourth-order valence-corrected chi connectivity index (χ4v) is 3.79. The number of aromatic nitrogens is 3. The molecule has 2 aromatic carbocycles. The van der Waals surface area contributed by atoms with Crippen LogP contribution in [-0.2, 0) is 13.0 Å².